The molecule has 2 N–H and O–H groups in total. The van der Waals surface area contributed by atoms with Crippen LogP contribution in [0.25, 0.3) is 5.70 Å². The summed E-state index contributed by atoms with van der Waals surface area (Å²) in [7, 11) is 3.46. The third kappa shape index (κ3) is 7.85. The lowest BCUT2D eigenvalue weighted by Gasteiger charge is -2.31. The molecule has 1 saturated carbocycles. The molecule has 7 heteroatoms. The van der Waals surface area contributed by atoms with Crippen LogP contribution in [-0.4, -0.2) is 62.2 Å². The summed E-state index contributed by atoms with van der Waals surface area (Å²) in [5.41, 5.74) is 3.52. The predicted molar refractivity (Wildman–Crippen MR) is 156 cm³/mol. The van der Waals surface area contributed by atoms with Gasteiger partial charge in [0.25, 0.3) is 0 Å². The normalized spacial score (nSPS) is 16.5. The van der Waals surface area contributed by atoms with Crippen LogP contribution in [0.3, 0.4) is 0 Å². The third-order valence-corrected chi connectivity index (χ3v) is 8.11. The van der Waals surface area contributed by atoms with Gasteiger partial charge in [-0.05, 0) is 91.7 Å². The largest absolute Gasteiger partial charge is 0.493 e. The Bertz CT molecular complexity index is 1130. The second-order valence-corrected chi connectivity index (χ2v) is 11.2. The first-order valence-electron chi connectivity index (χ1n) is 14.3. The molecule has 39 heavy (non-hydrogen) atoms. The van der Waals surface area contributed by atoms with Crippen LogP contribution in [0.5, 0.6) is 5.75 Å². The maximum atomic E-state index is 13.0. The van der Waals surface area contributed by atoms with E-state index >= 15 is 0 Å². The third-order valence-electron chi connectivity index (χ3n) is 8.11. The molecule has 1 aliphatic carbocycles. The van der Waals surface area contributed by atoms with E-state index in [1.807, 2.05) is 35.2 Å². The Hall–Kier alpha value is -3.32. The molecule has 0 radical (unpaired) electrons. The van der Waals surface area contributed by atoms with Crippen molar-refractivity contribution < 1.29 is 19.4 Å². The Kier molecular flexibility index (Phi) is 10.0. The van der Waals surface area contributed by atoms with Crippen molar-refractivity contribution in [3.8, 4) is 5.75 Å². The highest BCUT2D eigenvalue weighted by atomic mass is 16.5. The maximum absolute atomic E-state index is 13.0. The average Bonchev–Trinajstić information content (AvgIpc) is 2.96. The van der Waals surface area contributed by atoms with Crippen molar-refractivity contribution in [1.29, 1.82) is 0 Å². The number of likely N-dealkylation sites (N-methyl/N-ethyl adjacent to an activating group) is 1. The molecule has 1 aliphatic heterocycles. The van der Waals surface area contributed by atoms with Crippen molar-refractivity contribution in [3.05, 3.63) is 65.7 Å². The maximum Gasteiger partial charge on any atom is 0.335 e. The van der Waals surface area contributed by atoms with Crippen molar-refractivity contribution >= 4 is 23.3 Å². The molecule has 0 unspecified atom stereocenters. The molecule has 0 atom stereocenters. The second-order valence-electron chi connectivity index (χ2n) is 11.2. The van der Waals surface area contributed by atoms with Gasteiger partial charge in [-0.3, -0.25) is 4.79 Å². The van der Waals surface area contributed by atoms with Gasteiger partial charge in [-0.15, -0.1) is 0 Å². The van der Waals surface area contributed by atoms with Gasteiger partial charge in [0, 0.05) is 25.5 Å². The molecule has 2 aromatic carbocycles. The molecular formula is C32H43N3O4. The Balaban J connectivity index is 1.60. The van der Waals surface area contributed by atoms with Gasteiger partial charge in [0.15, 0.2) is 0 Å². The Morgan fingerprint density at radius 1 is 0.949 bits per heavy atom. The lowest BCUT2D eigenvalue weighted by molar-refractivity contribution is -0.127. The Morgan fingerprint density at radius 3 is 2.26 bits per heavy atom. The van der Waals surface area contributed by atoms with Gasteiger partial charge in [-0.25, -0.2) is 4.79 Å². The number of anilines is 1. The summed E-state index contributed by atoms with van der Waals surface area (Å²) in [6.07, 6.45) is 9.21. The number of piperidine rings is 1. The molecule has 1 amide bonds. The van der Waals surface area contributed by atoms with Crippen molar-refractivity contribution in [3.63, 3.8) is 0 Å². The van der Waals surface area contributed by atoms with Crippen LogP contribution in [0, 0.1) is 11.8 Å². The van der Waals surface area contributed by atoms with E-state index in [2.05, 4.69) is 11.9 Å². The van der Waals surface area contributed by atoms with Crippen LogP contribution >= 0.6 is 0 Å². The minimum atomic E-state index is -0.986. The first kappa shape index (κ1) is 28.7. The molecule has 2 aliphatic rings. The highest BCUT2D eigenvalue weighted by Crippen LogP contribution is 2.35. The zero-order valence-electron chi connectivity index (χ0n) is 23.5. The molecule has 2 aromatic rings. The van der Waals surface area contributed by atoms with E-state index in [1.165, 1.54) is 32.1 Å². The fourth-order valence-electron chi connectivity index (χ4n) is 5.59. The quantitative estimate of drug-likeness (QED) is 0.400. The highest BCUT2D eigenvalue weighted by molar-refractivity contribution is 5.93. The van der Waals surface area contributed by atoms with E-state index in [1.54, 1.807) is 31.1 Å². The fourth-order valence-corrected chi connectivity index (χ4v) is 5.59. The van der Waals surface area contributed by atoms with Gasteiger partial charge >= 0.3 is 5.97 Å². The van der Waals surface area contributed by atoms with E-state index in [9.17, 15) is 14.7 Å². The van der Waals surface area contributed by atoms with Gasteiger partial charge in [-0.2, -0.15) is 0 Å². The van der Waals surface area contributed by atoms with Gasteiger partial charge in [0.2, 0.25) is 5.91 Å². The Labute approximate surface area is 232 Å². The van der Waals surface area contributed by atoms with E-state index in [0.717, 1.165) is 54.9 Å². The van der Waals surface area contributed by atoms with E-state index in [0.29, 0.717) is 24.1 Å². The number of nitrogens with one attached hydrogen (secondary N) is 1. The monoisotopic (exact) mass is 533 g/mol. The summed E-state index contributed by atoms with van der Waals surface area (Å²) >= 11 is 0. The molecule has 1 heterocycles. The lowest BCUT2D eigenvalue weighted by Crippen LogP contribution is -2.36. The molecule has 4 rings (SSSR count). The van der Waals surface area contributed by atoms with Crippen molar-refractivity contribution in [2.45, 2.75) is 51.4 Å². The number of carbonyl (C=O) groups is 2. The van der Waals surface area contributed by atoms with Crippen LogP contribution in [-0.2, 0) is 11.2 Å². The Morgan fingerprint density at radius 2 is 1.62 bits per heavy atom. The number of nitrogens with zero attached hydrogens (tertiary/aromatic N) is 2. The zero-order valence-corrected chi connectivity index (χ0v) is 23.5. The summed E-state index contributed by atoms with van der Waals surface area (Å²) in [6.45, 7) is 7.25. The second kappa shape index (κ2) is 13.7. The van der Waals surface area contributed by atoms with Crippen LogP contribution < -0.4 is 15.0 Å². The molecule has 0 spiro atoms. The summed E-state index contributed by atoms with van der Waals surface area (Å²) < 4.78 is 6.07. The van der Waals surface area contributed by atoms with E-state index in [4.69, 9.17) is 4.74 Å². The number of hydrogen-bond acceptors (Lipinski definition) is 5. The van der Waals surface area contributed by atoms with Gasteiger partial charge < -0.3 is 25.0 Å². The lowest BCUT2D eigenvalue weighted by atomic mass is 9.84. The molecule has 210 valence electrons. The summed E-state index contributed by atoms with van der Waals surface area (Å²) in [6, 6.07) is 13.1. The molecule has 0 aromatic heterocycles. The number of aromatic carboxylic acids is 1. The molecular weight excluding hydrogens is 490 g/mol. The molecule has 7 nitrogen and oxygen atoms in total. The summed E-state index contributed by atoms with van der Waals surface area (Å²) in [4.78, 5) is 28.3. The number of carboxylic acid groups (broad SMARTS) is 1. The average molecular weight is 534 g/mol. The minimum Gasteiger partial charge on any atom is -0.493 e. The van der Waals surface area contributed by atoms with Crippen LogP contribution in [0.4, 0.5) is 5.69 Å². The van der Waals surface area contributed by atoms with E-state index < -0.39 is 5.97 Å². The number of rotatable bonds is 11. The minimum absolute atomic E-state index is 0.0700. The van der Waals surface area contributed by atoms with Gasteiger partial charge in [0.05, 0.1) is 12.2 Å². The van der Waals surface area contributed by atoms with Crippen molar-refractivity contribution in [2.24, 2.45) is 11.8 Å². The number of amides is 1. The molecule has 0 bridgehead atoms. The zero-order chi connectivity index (χ0) is 27.8. The van der Waals surface area contributed by atoms with Crippen molar-refractivity contribution in [1.82, 2.24) is 10.2 Å². The number of benzene rings is 2. The smallest absolute Gasteiger partial charge is 0.335 e. The number of carbonyl (C=O) groups excluding carboxylic acids is 1. The van der Waals surface area contributed by atoms with Crippen LogP contribution in [0.2, 0.25) is 0 Å². The number of carboxylic acids is 1. The van der Waals surface area contributed by atoms with Crippen LogP contribution in [0.15, 0.2) is 49.0 Å². The van der Waals surface area contributed by atoms with Gasteiger partial charge in [0.1, 0.15) is 12.3 Å². The molecule has 1 saturated heterocycles. The first-order chi connectivity index (χ1) is 18.8. The fraction of sp³-hybridized carbons (Fsp3) is 0.500. The van der Waals surface area contributed by atoms with Crippen molar-refractivity contribution in [2.75, 3.05) is 45.2 Å². The predicted octanol–water partition coefficient (Wildman–Crippen LogP) is 5.45. The summed E-state index contributed by atoms with van der Waals surface area (Å²) in [5, 5.41) is 13.2. The number of hydrogen-bond donors (Lipinski definition) is 2. The topological polar surface area (TPSA) is 82.1 Å². The van der Waals surface area contributed by atoms with Gasteiger partial charge in [-0.1, -0.05) is 44.7 Å². The number of ether oxygens (including phenoxy) is 1. The van der Waals surface area contributed by atoms with E-state index in [-0.39, 0.29) is 18.0 Å². The SMILES string of the molecule is C=C(c1ccc(OCC2CCNCC2)cc1)N(CC(=O)N(C)C)c1cc(C(=O)O)ccc1CC1CCCCC1. The standard InChI is InChI=1S/C32H43N3O4/c1-23(26-11-13-29(14-12-26)39-22-25-15-17-33-18-16-25)35(21-31(36)34(2)3)30-20-28(32(37)38)10-9-27(30)19-24-7-5-4-6-8-24/h9-14,20,24-25,33H,1,4-8,15-19,21-22H2,2-3H3,(H,37,38). The summed E-state index contributed by atoms with van der Waals surface area (Å²) in [5.74, 6) is 0.872. The van der Waals surface area contributed by atoms with Crippen LogP contribution in [0.1, 0.15) is 66.4 Å². The highest BCUT2D eigenvalue weighted by Gasteiger charge is 2.24. The molecule has 2 fully saturated rings. The first-order valence-corrected chi connectivity index (χ1v) is 14.3.